The zero-order chi connectivity index (χ0) is 16.8. The van der Waals surface area contributed by atoms with Gasteiger partial charge in [0, 0.05) is 5.56 Å². The van der Waals surface area contributed by atoms with Gasteiger partial charge in [0.15, 0.2) is 4.34 Å². The Morgan fingerprint density at radius 1 is 1.21 bits per heavy atom. The second-order valence-electron chi connectivity index (χ2n) is 4.82. The number of halogens is 1. The maximum Gasteiger partial charge on any atom is 0.231 e. The summed E-state index contributed by atoms with van der Waals surface area (Å²) in [7, 11) is 0. The first-order valence-corrected chi connectivity index (χ1v) is 9.00. The zero-order valence-electron chi connectivity index (χ0n) is 12.6. The first kappa shape index (κ1) is 16.5. The lowest BCUT2D eigenvalue weighted by Crippen LogP contribution is -2.25. The molecule has 6 heteroatoms. The molecule has 1 aromatic heterocycles. The third kappa shape index (κ3) is 4.57. The summed E-state index contributed by atoms with van der Waals surface area (Å²) < 4.78 is 14.8. The Labute approximate surface area is 147 Å². The van der Waals surface area contributed by atoms with E-state index in [1.807, 2.05) is 24.3 Å². The normalized spacial score (nSPS) is 10.2. The molecule has 0 atom stereocenters. The Balaban J connectivity index is 1.45. The van der Waals surface area contributed by atoms with Crippen LogP contribution in [0.5, 0.6) is 0 Å². The van der Waals surface area contributed by atoms with Crippen LogP contribution in [-0.4, -0.2) is 23.2 Å². The molecule has 0 fully saturated rings. The molecule has 0 bridgehead atoms. The fraction of sp³-hybridized carbons (Fsp3) is 0.111. The van der Waals surface area contributed by atoms with Crippen molar-refractivity contribution in [3.63, 3.8) is 0 Å². The van der Waals surface area contributed by atoms with Gasteiger partial charge in [0.2, 0.25) is 5.91 Å². The number of carbonyl (C=O) groups excluding carboxylic acids is 1. The number of rotatable bonds is 4. The van der Waals surface area contributed by atoms with Crippen LogP contribution in [0.3, 0.4) is 0 Å². The van der Waals surface area contributed by atoms with Crippen molar-refractivity contribution >= 4 is 39.2 Å². The molecule has 0 unspecified atom stereocenters. The summed E-state index contributed by atoms with van der Waals surface area (Å²) in [5.74, 6) is 5.64. The molecule has 0 saturated carbocycles. The molecular formula is C18H13FN2OS2. The van der Waals surface area contributed by atoms with Crippen LogP contribution in [0.25, 0.3) is 10.2 Å². The average molecular weight is 356 g/mol. The number of benzene rings is 2. The van der Waals surface area contributed by atoms with Crippen LogP contribution >= 0.6 is 23.1 Å². The lowest BCUT2D eigenvalue weighted by molar-refractivity contribution is -0.118. The molecule has 2 aromatic carbocycles. The van der Waals surface area contributed by atoms with Gasteiger partial charge >= 0.3 is 0 Å². The van der Waals surface area contributed by atoms with Gasteiger partial charge in [-0.1, -0.05) is 35.7 Å². The van der Waals surface area contributed by atoms with Crippen LogP contribution in [0.4, 0.5) is 4.39 Å². The molecule has 3 rings (SSSR count). The predicted octanol–water partition coefficient (Wildman–Crippen LogP) is 3.70. The van der Waals surface area contributed by atoms with E-state index in [4.69, 9.17) is 0 Å². The fourth-order valence-electron chi connectivity index (χ4n) is 1.91. The molecule has 0 aliphatic carbocycles. The van der Waals surface area contributed by atoms with Gasteiger partial charge in [0.1, 0.15) is 5.82 Å². The van der Waals surface area contributed by atoms with Gasteiger partial charge < -0.3 is 5.32 Å². The number of nitrogens with zero attached hydrogens (tertiary/aromatic N) is 1. The monoisotopic (exact) mass is 356 g/mol. The first-order chi connectivity index (χ1) is 11.7. The number of carbonyl (C=O) groups is 1. The Morgan fingerprint density at radius 3 is 2.79 bits per heavy atom. The maximum absolute atomic E-state index is 12.8. The van der Waals surface area contributed by atoms with E-state index in [-0.39, 0.29) is 18.3 Å². The van der Waals surface area contributed by atoms with E-state index >= 15 is 0 Å². The summed E-state index contributed by atoms with van der Waals surface area (Å²) in [5, 5.41) is 2.74. The Kier molecular flexibility index (Phi) is 5.47. The second kappa shape index (κ2) is 7.95. The van der Waals surface area contributed by atoms with Crippen LogP contribution in [0.1, 0.15) is 5.56 Å². The van der Waals surface area contributed by atoms with E-state index in [9.17, 15) is 9.18 Å². The number of amides is 1. The summed E-state index contributed by atoms with van der Waals surface area (Å²) in [6, 6.07) is 13.8. The van der Waals surface area contributed by atoms with Crippen molar-refractivity contribution in [2.75, 3.05) is 12.3 Å². The average Bonchev–Trinajstić information content (AvgIpc) is 3.01. The molecule has 0 saturated heterocycles. The SMILES string of the molecule is O=C(CSc1nc2ccccc2s1)NCC#Cc1ccc(F)cc1. The van der Waals surface area contributed by atoms with Crippen LogP contribution in [-0.2, 0) is 4.79 Å². The van der Waals surface area contributed by atoms with Crippen LogP contribution < -0.4 is 5.32 Å². The van der Waals surface area contributed by atoms with Crippen LogP contribution in [0, 0.1) is 17.7 Å². The molecule has 0 spiro atoms. The van der Waals surface area contributed by atoms with E-state index < -0.39 is 0 Å². The topological polar surface area (TPSA) is 42.0 Å². The van der Waals surface area contributed by atoms with E-state index in [1.54, 1.807) is 23.5 Å². The number of fused-ring (bicyclic) bond motifs is 1. The largest absolute Gasteiger partial charge is 0.344 e. The van der Waals surface area contributed by atoms with E-state index in [0.29, 0.717) is 5.75 Å². The van der Waals surface area contributed by atoms with Crippen molar-refractivity contribution in [2.45, 2.75) is 4.34 Å². The second-order valence-corrected chi connectivity index (χ2v) is 7.07. The molecule has 120 valence electrons. The number of hydrogen-bond acceptors (Lipinski definition) is 4. The fourth-order valence-corrected chi connectivity index (χ4v) is 3.81. The van der Waals surface area contributed by atoms with Gasteiger partial charge in [-0.2, -0.15) is 0 Å². The smallest absolute Gasteiger partial charge is 0.231 e. The number of aromatic nitrogens is 1. The predicted molar refractivity (Wildman–Crippen MR) is 96.6 cm³/mol. The van der Waals surface area contributed by atoms with E-state index in [2.05, 4.69) is 22.1 Å². The lowest BCUT2D eigenvalue weighted by atomic mass is 10.2. The van der Waals surface area contributed by atoms with Gasteiger partial charge in [-0.05, 0) is 36.4 Å². The van der Waals surface area contributed by atoms with Gasteiger partial charge in [0.05, 0.1) is 22.5 Å². The summed E-state index contributed by atoms with van der Waals surface area (Å²) in [4.78, 5) is 16.3. The van der Waals surface area contributed by atoms with Gasteiger partial charge in [-0.25, -0.2) is 9.37 Å². The van der Waals surface area contributed by atoms with E-state index in [1.165, 1.54) is 23.9 Å². The number of thioether (sulfide) groups is 1. The quantitative estimate of drug-likeness (QED) is 0.573. The number of nitrogens with one attached hydrogen (secondary N) is 1. The highest BCUT2D eigenvalue weighted by molar-refractivity contribution is 8.01. The highest BCUT2D eigenvalue weighted by Crippen LogP contribution is 2.28. The Morgan fingerprint density at radius 2 is 2.00 bits per heavy atom. The first-order valence-electron chi connectivity index (χ1n) is 7.20. The summed E-state index contributed by atoms with van der Waals surface area (Å²) in [6.07, 6.45) is 0. The molecule has 3 aromatic rings. The number of hydrogen-bond donors (Lipinski definition) is 1. The van der Waals surface area contributed by atoms with Crippen LogP contribution in [0.2, 0.25) is 0 Å². The van der Waals surface area contributed by atoms with Crippen molar-refractivity contribution in [3.8, 4) is 11.8 Å². The molecule has 1 heterocycles. The van der Waals surface area contributed by atoms with Gasteiger partial charge in [-0.3, -0.25) is 4.79 Å². The minimum Gasteiger partial charge on any atom is -0.344 e. The van der Waals surface area contributed by atoms with Crippen molar-refractivity contribution < 1.29 is 9.18 Å². The van der Waals surface area contributed by atoms with Gasteiger partial charge in [-0.15, -0.1) is 11.3 Å². The zero-order valence-corrected chi connectivity index (χ0v) is 14.2. The Hall–Kier alpha value is -2.36. The molecule has 0 aliphatic heterocycles. The van der Waals surface area contributed by atoms with Crippen molar-refractivity contribution in [2.24, 2.45) is 0 Å². The van der Waals surface area contributed by atoms with Crippen LogP contribution in [0.15, 0.2) is 52.9 Å². The third-order valence-corrected chi connectivity index (χ3v) is 5.23. The van der Waals surface area contributed by atoms with Crippen molar-refractivity contribution in [1.29, 1.82) is 0 Å². The summed E-state index contributed by atoms with van der Waals surface area (Å²) >= 11 is 3.00. The Bertz CT molecular complexity index is 877. The number of thiazole rings is 1. The molecule has 3 nitrogen and oxygen atoms in total. The standard InChI is InChI=1S/C18H13FN2OS2/c19-14-9-7-13(8-10-14)4-3-11-20-17(22)12-23-18-21-15-5-1-2-6-16(15)24-18/h1-2,5-10H,11-12H2,(H,20,22). The minimum atomic E-state index is -0.291. The van der Waals surface area contributed by atoms with E-state index in [0.717, 1.165) is 20.1 Å². The maximum atomic E-state index is 12.8. The highest BCUT2D eigenvalue weighted by atomic mass is 32.2. The lowest BCUT2D eigenvalue weighted by Gasteiger charge is -1.98. The molecule has 1 N–H and O–H groups in total. The van der Waals surface area contributed by atoms with Gasteiger partial charge in [0.25, 0.3) is 0 Å². The number of para-hydroxylation sites is 1. The van der Waals surface area contributed by atoms with Crippen molar-refractivity contribution in [3.05, 3.63) is 59.9 Å². The minimum absolute atomic E-state index is 0.0901. The molecule has 1 amide bonds. The third-order valence-electron chi connectivity index (χ3n) is 3.05. The molecule has 24 heavy (non-hydrogen) atoms. The molecule has 0 radical (unpaired) electrons. The molecular weight excluding hydrogens is 343 g/mol. The highest BCUT2D eigenvalue weighted by Gasteiger charge is 2.06. The summed E-state index contributed by atoms with van der Waals surface area (Å²) in [6.45, 7) is 0.261. The molecule has 0 aliphatic rings. The summed E-state index contributed by atoms with van der Waals surface area (Å²) in [5.41, 5.74) is 1.67. The van der Waals surface area contributed by atoms with Crippen molar-refractivity contribution in [1.82, 2.24) is 10.3 Å².